The van der Waals surface area contributed by atoms with Gasteiger partial charge in [0.2, 0.25) is 5.13 Å². The molecule has 8 nitrogen and oxygen atoms in total. The summed E-state index contributed by atoms with van der Waals surface area (Å²) >= 11 is 1.21. The van der Waals surface area contributed by atoms with Crippen molar-refractivity contribution in [3.63, 3.8) is 0 Å². The van der Waals surface area contributed by atoms with Gasteiger partial charge in [-0.25, -0.2) is 8.42 Å². The fraction of sp³-hybridized carbons (Fsp3) is 0.500. The lowest BCUT2D eigenvalue weighted by atomic mass is 10.1. The summed E-state index contributed by atoms with van der Waals surface area (Å²) in [5.41, 5.74) is 5.57. The second-order valence-corrected chi connectivity index (χ2v) is 7.47. The van der Waals surface area contributed by atoms with Gasteiger partial charge in [-0.3, -0.25) is 9.40 Å². The Labute approximate surface area is 121 Å². The van der Waals surface area contributed by atoms with Crippen molar-refractivity contribution in [2.75, 3.05) is 10.5 Å². The van der Waals surface area contributed by atoms with E-state index in [0.29, 0.717) is 5.92 Å². The highest BCUT2D eigenvalue weighted by molar-refractivity contribution is 7.93. The third-order valence-corrected chi connectivity index (χ3v) is 4.73. The first kappa shape index (κ1) is 14.7. The number of nitrogens with zero attached hydrogens (tertiary/aromatic N) is 4. The summed E-state index contributed by atoms with van der Waals surface area (Å²) in [5, 5.41) is 12.6. The average Bonchev–Trinajstić information content (AvgIpc) is 2.84. The van der Waals surface area contributed by atoms with E-state index in [2.05, 4.69) is 33.9 Å². The van der Waals surface area contributed by atoms with Crippen LogP contribution < -0.4 is 10.5 Å². The zero-order valence-electron chi connectivity index (χ0n) is 11.4. The SMILES string of the molecule is CC(C)Cc1nnc(NS(=O)(=O)c2cn(C)nc2N)s1. The standard InChI is InChI=1S/C10H16N6O2S2/c1-6(2)4-8-12-13-10(19-8)15-20(17,18)7-5-16(3)14-9(7)11/h5-6H,4H2,1-3H3,(H2,11,14)(H,13,15). The molecule has 0 atom stereocenters. The van der Waals surface area contributed by atoms with Gasteiger partial charge in [0.05, 0.1) is 0 Å². The molecule has 10 heteroatoms. The lowest BCUT2D eigenvalue weighted by Crippen LogP contribution is -2.13. The summed E-state index contributed by atoms with van der Waals surface area (Å²) in [6.07, 6.45) is 2.10. The molecule has 0 radical (unpaired) electrons. The van der Waals surface area contributed by atoms with E-state index in [4.69, 9.17) is 5.73 Å². The fourth-order valence-corrected chi connectivity index (χ4v) is 3.87. The molecule has 0 saturated carbocycles. The zero-order chi connectivity index (χ0) is 14.9. The Morgan fingerprint density at radius 3 is 2.70 bits per heavy atom. The number of aryl methyl sites for hydroxylation is 1. The van der Waals surface area contributed by atoms with Crippen LogP contribution >= 0.6 is 11.3 Å². The summed E-state index contributed by atoms with van der Waals surface area (Å²) in [5.74, 6) is 0.383. The van der Waals surface area contributed by atoms with Crippen LogP contribution in [-0.4, -0.2) is 28.4 Å². The first-order valence-electron chi connectivity index (χ1n) is 5.92. The molecule has 0 aliphatic rings. The predicted molar refractivity (Wildman–Crippen MR) is 76.9 cm³/mol. The molecule has 2 aromatic rings. The van der Waals surface area contributed by atoms with Gasteiger partial charge in [-0.2, -0.15) is 5.10 Å². The molecule has 0 aliphatic heterocycles. The number of hydrogen-bond acceptors (Lipinski definition) is 7. The van der Waals surface area contributed by atoms with E-state index < -0.39 is 10.0 Å². The highest BCUT2D eigenvalue weighted by Crippen LogP contribution is 2.23. The summed E-state index contributed by atoms with van der Waals surface area (Å²) in [4.78, 5) is -0.0689. The molecule has 0 spiro atoms. The van der Waals surface area contributed by atoms with Crippen LogP contribution in [0.1, 0.15) is 18.9 Å². The minimum Gasteiger partial charge on any atom is -0.381 e. The number of nitrogen functional groups attached to an aromatic ring is 1. The largest absolute Gasteiger partial charge is 0.381 e. The van der Waals surface area contributed by atoms with Crippen molar-refractivity contribution in [3.05, 3.63) is 11.2 Å². The van der Waals surface area contributed by atoms with Crippen LogP contribution in [0.4, 0.5) is 10.9 Å². The molecule has 2 aromatic heterocycles. The molecule has 0 unspecified atom stereocenters. The molecule has 20 heavy (non-hydrogen) atoms. The first-order valence-corrected chi connectivity index (χ1v) is 8.22. The average molecular weight is 316 g/mol. The third-order valence-electron chi connectivity index (χ3n) is 2.38. The van der Waals surface area contributed by atoms with Crippen LogP contribution in [0.5, 0.6) is 0 Å². The maximum atomic E-state index is 12.2. The molecule has 3 N–H and O–H groups in total. The van der Waals surface area contributed by atoms with Crippen LogP contribution in [0.25, 0.3) is 0 Å². The lowest BCUT2D eigenvalue weighted by Gasteiger charge is -2.02. The molecule has 0 amide bonds. The van der Waals surface area contributed by atoms with Crippen molar-refractivity contribution >= 4 is 32.3 Å². The number of nitrogens with one attached hydrogen (secondary N) is 1. The first-order chi connectivity index (χ1) is 9.28. The van der Waals surface area contributed by atoms with E-state index in [9.17, 15) is 8.42 Å². The number of sulfonamides is 1. The normalized spacial score (nSPS) is 12.0. The maximum absolute atomic E-state index is 12.2. The van der Waals surface area contributed by atoms with Crippen molar-refractivity contribution in [1.29, 1.82) is 0 Å². The Hall–Kier alpha value is -1.68. The van der Waals surface area contributed by atoms with Gasteiger partial charge >= 0.3 is 0 Å². The smallest absolute Gasteiger partial charge is 0.268 e. The molecule has 2 rings (SSSR count). The fourth-order valence-electron chi connectivity index (χ4n) is 1.59. The van der Waals surface area contributed by atoms with Gasteiger partial charge in [0.1, 0.15) is 9.90 Å². The van der Waals surface area contributed by atoms with Crippen molar-refractivity contribution < 1.29 is 8.42 Å². The van der Waals surface area contributed by atoms with Crippen LogP contribution in [0.15, 0.2) is 11.1 Å². The topological polar surface area (TPSA) is 116 Å². The Morgan fingerprint density at radius 1 is 1.45 bits per heavy atom. The van der Waals surface area contributed by atoms with Gasteiger partial charge in [-0.15, -0.1) is 10.2 Å². The van der Waals surface area contributed by atoms with E-state index in [1.807, 2.05) is 0 Å². The van der Waals surface area contributed by atoms with E-state index in [1.165, 1.54) is 22.2 Å². The zero-order valence-corrected chi connectivity index (χ0v) is 13.0. The van der Waals surface area contributed by atoms with Gasteiger partial charge < -0.3 is 5.73 Å². The van der Waals surface area contributed by atoms with Crippen molar-refractivity contribution in [1.82, 2.24) is 20.0 Å². The number of hydrogen-bond donors (Lipinski definition) is 2. The van der Waals surface area contributed by atoms with Crippen molar-refractivity contribution in [2.24, 2.45) is 13.0 Å². The Balaban J connectivity index is 2.20. The Morgan fingerprint density at radius 2 is 2.15 bits per heavy atom. The lowest BCUT2D eigenvalue weighted by molar-refractivity contribution is 0.601. The minimum absolute atomic E-state index is 0.0491. The van der Waals surface area contributed by atoms with E-state index in [-0.39, 0.29) is 15.8 Å². The quantitative estimate of drug-likeness (QED) is 0.845. The highest BCUT2D eigenvalue weighted by atomic mass is 32.2. The van der Waals surface area contributed by atoms with E-state index in [1.54, 1.807) is 7.05 Å². The molecule has 0 saturated heterocycles. The van der Waals surface area contributed by atoms with Crippen LogP contribution in [0.2, 0.25) is 0 Å². The van der Waals surface area contributed by atoms with Crippen LogP contribution in [-0.2, 0) is 23.5 Å². The van der Waals surface area contributed by atoms with Gasteiger partial charge in [0.25, 0.3) is 10.0 Å². The van der Waals surface area contributed by atoms with Gasteiger partial charge in [0, 0.05) is 19.7 Å². The van der Waals surface area contributed by atoms with Crippen molar-refractivity contribution in [3.8, 4) is 0 Å². The predicted octanol–water partition coefficient (Wildman–Crippen LogP) is 0.853. The summed E-state index contributed by atoms with van der Waals surface area (Å²) < 4.78 is 28.0. The van der Waals surface area contributed by atoms with Crippen molar-refractivity contribution in [2.45, 2.75) is 25.2 Å². The Bertz CT molecular complexity index is 703. The molecule has 0 bridgehead atoms. The Kier molecular flexibility index (Phi) is 3.95. The highest BCUT2D eigenvalue weighted by Gasteiger charge is 2.22. The number of nitrogens with two attached hydrogens (primary N) is 1. The summed E-state index contributed by atoms with van der Waals surface area (Å²) in [6.45, 7) is 4.11. The molecule has 110 valence electrons. The van der Waals surface area contributed by atoms with Gasteiger partial charge in [-0.1, -0.05) is 25.2 Å². The number of aromatic nitrogens is 4. The maximum Gasteiger partial charge on any atom is 0.268 e. The van der Waals surface area contributed by atoms with Crippen LogP contribution in [0.3, 0.4) is 0 Å². The van der Waals surface area contributed by atoms with E-state index >= 15 is 0 Å². The second kappa shape index (κ2) is 5.37. The molecular weight excluding hydrogens is 300 g/mol. The molecule has 2 heterocycles. The third kappa shape index (κ3) is 3.25. The number of rotatable bonds is 5. The van der Waals surface area contributed by atoms with Crippen LogP contribution in [0, 0.1) is 5.92 Å². The monoisotopic (exact) mass is 316 g/mol. The minimum atomic E-state index is -3.79. The number of anilines is 2. The summed E-state index contributed by atoms with van der Waals surface area (Å²) in [7, 11) is -2.19. The molecule has 0 aliphatic carbocycles. The molecule has 0 aromatic carbocycles. The molecule has 0 fully saturated rings. The second-order valence-electron chi connectivity index (χ2n) is 4.76. The van der Waals surface area contributed by atoms with Gasteiger partial charge in [-0.05, 0) is 5.92 Å². The summed E-state index contributed by atoms with van der Waals surface area (Å²) in [6, 6.07) is 0. The van der Waals surface area contributed by atoms with E-state index in [0.717, 1.165) is 11.4 Å². The molecular formula is C10H16N6O2S2. The van der Waals surface area contributed by atoms with Gasteiger partial charge in [0.15, 0.2) is 5.82 Å².